The third-order valence-electron chi connectivity index (χ3n) is 2.70. The Labute approximate surface area is 117 Å². The topological polar surface area (TPSA) is 3.24 Å². The fourth-order valence-corrected chi connectivity index (χ4v) is 2.12. The van der Waals surface area contributed by atoms with Crippen LogP contribution >= 0.6 is 12.3 Å². The molecule has 2 aromatic rings. The van der Waals surface area contributed by atoms with Crippen LogP contribution in [0, 0.1) is 18.8 Å². The Bertz CT molecular complexity index is 586. The van der Waals surface area contributed by atoms with E-state index in [0.29, 0.717) is 6.54 Å². The Hall–Kier alpha value is -1.92. The molecule has 2 rings (SSSR count). The third-order valence-corrected chi connectivity index (χ3v) is 3.19. The van der Waals surface area contributed by atoms with Crippen molar-refractivity contribution in [2.24, 2.45) is 0 Å². The number of rotatable bonds is 3. The summed E-state index contributed by atoms with van der Waals surface area (Å²) in [4.78, 5) is 0. The average Bonchev–Trinajstić information content (AvgIpc) is 2.46. The van der Waals surface area contributed by atoms with E-state index in [-0.39, 0.29) is 12.3 Å². The molecule has 0 aromatic heterocycles. The van der Waals surface area contributed by atoms with Crippen LogP contribution in [0.25, 0.3) is 0 Å². The highest BCUT2D eigenvalue weighted by molar-refractivity contribution is 7.95. The lowest BCUT2D eigenvalue weighted by atomic mass is 10.2. The smallest absolute Gasteiger partial charge is 0.166 e. The Morgan fingerprint density at radius 2 is 1.74 bits per heavy atom. The third kappa shape index (κ3) is 3.77. The second-order valence-electron chi connectivity index (χ2n) is 4.06. The van der Waals surface area contributed by atoms with Gasteiger partial charge in [0.25, 0.3) is 0 Å². The molecule has 0 aliphatic carbocycles. The van der Waals surface area contributed by atoms with Gasteiger partial charge in [-0.05, 0) is 30.7 Å². The van der Waals surface area contributed by atoms with Crippen molar-refractivity contribution in [3.05, 3.63) is 65.7 Å². The minimum absolute atomic E-state index is 0.203. The quantitative estimate of drug-likeness (QED) is 0.602. The summed E-state index contributed by atoms with van der Waals surface area (Å²) in [6, 6.07) is 17.4. The van der Waals surface area contributed by atoms with Crippen molar-refractivity contribution in [3.63, 3.8) is 0 Å². The summed E-state index contributed by atoms with van der Waals surface area (Å²) >= 11 is 0.203. The number of halogens is 1. The first-order valence-corrected chi connectivity index (χ1v) is 6.64. The van der Waals surface area contributed by atoms with Crippen LogP contribution in [0.1, 0.15) is 11.1 Å². The molecule has 1 nitrogen and oxygen atoms in total. The lowest BCUT2D eigenvalue weighted by molar-refractivity contribution is 0.924. The van der Waals surface area contributed by atoms with Gasteiger partial charge in [-0.1, -0.05) is 48.2 Å². The van der Waals surface area contributed by atoms with Gasteiger partial charge in [0.2, 0.25) is 0 Å². The van der Waals surface area contributed by atoms with Crippen LogP contribution in [0.5, 0.6) is 0 Å². The van der Waals surface area contributed by atoms with Gasteiger partial charge in [0.05, 0.1) is 12.2 Å². The largest absolute Gasteiger partial charge is 0.277 e. The molecule has 0 heterocycles. The van der Waals surface area contributed by atoms with Crippen molar-refractivity contribution < 1.29 is 3.89 Å². The van der Waals surface area contributed by atoms with Gasteiger partial charge in [-0.2, -0.15) is 0 Å². The van der Waals surface area contributed by atoms with Crippen molar-refractivity contribution in [1.82, 2.24) is 0 Å². The molecular formula is C16H14FNS. The Kier molecular flexibility index (Phi) is 4.88. The van der Waals surface area contributed by atoms with Gasteiger partial charge in [-0.25, -0.2) is 0 Å². The number of para-hydroxylation sites is 1. The molecule has 3 heteroatoms. The summed E-state index contributed by atoms with van der Waals surface area (Å²) in [5, 5.41) is 0. The molecule has 0 radical (unpaired) electrons. The fraction of sp³-hybridized carbons (Fsp3) is 0.125. The predicted octanol–water partition coefficient (Wildman–Crippen LogP) is 4.39. The molecule has 0 atom stereocenters. The van der Waals surface area contributed by atoms with Gasteiger partial charge >= 0.3 is 0 Å². The van der Waals surface area contributed by atoms with Crippen molar-refractivity contribution in [2.75, 3.05) is 10.8 Å². The highest BCUT2D eigenvalue weighted by Gasteiger charge is 2.07. The van der Waals surface area contributed by atoms with E-state index in [1.165, 1.54) is 0 Å². The van der Waals surface area contributed by atoms with E-state index in [4.69, 9.17) is 0 Å². The number of hydrogen-bond acceptors (Lipinski definition) is 2. The number of hydrogen-bond donors (Lipinski definition) is 0. The number of anilines is 1. The van der Waals surface area contributed by atoms with E-state index in [1.807, 2.05) is 61.5 Å². The SMILES string of the molecule is Cc1ccccc1N(CC#Cc1ccccc1)SF. The summed E-state index contributed by atoms with van der Waals surface area (Å²) < 4.78 is 14.6. The first kappa shape index (κ1) is 13.5. The monoisotopic (exact) mass is 271 g/mol. The fourth-order valence-electron chi connectivity index (χ4n) is 1.72. The summed E-state index contributed by atoms with van der Waals surface area (Å²) in [6.07, 6.45) is 0. The van der Waals surface area contributed by atoms with Crippen molar-refractivity contribution in [2.45, 2.75) is 6.92 Å². The minimum atomic E-state index is 0.203. The zero-order chi connectivity index (χ0) is 13.5. The standard InChI is InChI=1S/C16H14FNS/c1-14-8-5-6-12-16(14)18(19-17)13-7-11-15-9-3-2-4-10-15/h2-6,8-10,12H,13H2,1H3. The number of nitrogens with zero attached hydrogens (tertiary/aromatic N) is 1. The van der Waals surface area contributed by atoms with E-state index in [0.717, 1.165) is 16.8 Å². The van der Waals surface area contributed by atoms with Gasteiger partial charge in [0.1, 0.15) is 0 Å². The zero-order valence-electron chi connectivity index (χ0n) is 10.6. The maximum absolute atomic E-state index is 13.0. The normalized spacial score (nSPS) is 9.58. The molecule has 0 N–H and O–H groups in total. The van der Waals surface area contributed by atoms with Gasteiger partial charge in [-0.3, -0.25) is 4.31 Å². The molecule has 0 aliphatic rings. The molecule has 2 aromatic carbocycles. The predicted molar refractivity (Wildman–Crippen MR) is 80.5 cm³/mol. The second kappa shape index (κ2) is 6.86. The summed E-state index contributed by atoms with van der Waals surface area (Å²) in [5.74, 6) is 6.02. The van der Waals surface area contributed by atoms with E-state index < -0.39 is 0 Å². The minimum Gasteiger partial charge on any atom is -0.277 e. The molecule has 0 aliphatic heterocycles. The molecule has 96 valence electrons. The maximum Gasteiger partial charge on any atom is 0.166 e. The van der Waals surface area contributed by atoms with Crippen LogP contribution in [0.15, 0.2) is 54.6 Å². The van der Waals surface area contributed by atoms with Crippen LogP contribution in [0.2, 0.25) is 0 Å². The Morgan fingerprint density at radius 1 is 1.05 bits per heavy atom. The van der Waals surface area contributed by atoms with E-state index in [2.05, 4.69) is 11.8 Å². The van der Waals surface area contributed by atoms with Gasteiger partial charge < -0.3 is 0 Å². The van der Waals surface area contributed by atoms with Crippen LogP contribution in [-0.2, 0) is 0 Å². The lowest BCUT2D eigenvalue weighted by Crippen LogP contribution is -2.13. The molecule has 0 bridgehead atoms. The van der Waals surface area contributed by atoms with Gasteiger partial charge in [-0.15, -0.1) is 3.89 Å². The molecule has 0 saturated carbocycles. The lowest BCUT2D eigenvalue weighted by Gasteiger charge is -2.17. The van der Waals surface area contributed by atoms with Gasteiger partial charge in [0, 0.05) is 5.56 Å². The molecule has 0 amide bonds. The zero-order valence-corrected chi connectivity index (χ0v) is 11.5. The highest BCUT2D eigenvalue weighted by atomic mass is 32.2. The van der Waals surface area contributed by atoms with Crippen LogP contribution in [-0.4, -0.2) is 6.54 Å². The van der Waals surface area contributed by atoms with Gasteiger partial charge in [0.15, 0.2) is 12.3 Å². The summed E-state index contributed by atoms with van der Waals surface area (Å²) in [7, 11) is 0. The molecule has 0 saturated heterocycles. The first-order chi connectivity index (χ1) is 9.31. The summed E-state index contributed by atoms with van der Waals surface area (Å²) in [5.41, 5.74) is 2.84. The van der Waals surface area contributed by atoms with E-state index in [1.54, 1.807) is 4.31 Å². The van der Waals surface area contributed by atoms with Crippen molar-refractivity contribution >= 4 is 18.0 Å². The highest BCUT2D eigenvalue weighted by Crippen LogP contribution is 2.25. The maximum atomic E-state index is 13.0. The first-order valence-electron chi connectivity index (χ1n) is 5.97. The molecule has 19 heavy (non-hydrogen) atoms. The number of aryl methyl sites for hydroxylation is 1. The molecule has 0 unspecified atom stereocenters. The van der Waals surface area contributed by atoms with Crippen LogP contribution in [0.4, 0.5) is 9.57 Å². The molecular weight excluding hydrogens is 257 g/mol. The van der Waals surface area contributed by atoms with Crippen molar-refractivity contribution in [3.8, 4) is 11.8 Å². The van der Waals surface area contributed by atoms with Crippen molar-refractivity contribution in [1.29, 1.82) is 0 Å². The van der Waals surface area contributed by atoms with Crippen LogP contribution < -0.4 is 4.31 Å². The average molecular weight is 271 g/mol. The second-order valence-corrected chi connectivity index (χ2v) is 4.64. The van der Waals surface area contributed by atoms with Crippen LogP contribution in [0.3, 0.4) is 0 Å². The summed E-state index contributed by atoms with van der Waals surface area (Å²) in [6.45, 7) is 2.31. The Balaban J connectivity index is 2.09. The van der Waals surface area contributed by atoms with E-state index >= 15 is 0 Å². The molecule has 0 fully saturated rings. The molecule has 0 spiro atoms. The Morgan fingerprint density at radius 3 is 2.42 bits per heavy atom. The number of benzene rings is 2. The van der Waals surface area contributed by atoms with E-state index in [9.17, 15) is 3.89 Å².